The van der Waals surface area contributed by atoms with Crippen LogP contribution < -0.4 is 0 Å². The highest BCUT2D eigenvalue weighted by Crippen LogP contribution is 2.29. The van der Waals surface area contributed by atoms with Crippen molar-refractivity contribution in [2.45, 2.75) is 39.2 Å². The summed E-state index contributed by atoms with van der Waals surface area (Å²) in [6.45, 7) is 5.02. The topological polar surface area (TPSA) is 40.5 Å². The third-order valence-corrected chi connectivity index (χ3v) is 3.62. The summed E-state index contributed by atoms with van der Waals surface area (Å²) >= 11 is 0. The molecule has 21 heavy (non-hydrogen) atoms. The predicted molar refractivity (Wildman–Crippen MR) is 83.9 cm³/mol. The van der Waals surface area contributed by atoms with Gasteiger partial charge in [0.05, 0.1) is 0 Å². The lowest BCUT2D eigenvalue weighted by Gasteiger charge is -2.23. The summed E-state index contributed by atoms with van der Waals surface area (Å²) < 4.78 is 0. The van der Waals surface area contributed by atoms with Crippen molar-refractivity contribution >= 4 is 5.91 Å². The second-order valence-electron chi connectivity index (χ2n) is 5.95. The first-order chi connectivity index (χ1) is 10.1. The van der Waals surface area contributed by atoms with Gasteiger partial charge in [0.15, 0.2) is 0 Å². The van der Waals surface area contributed by atoms with Crippen LogP contribution in [-0.2, 0) is 0 Å². The van der Waals surface area contributed by atoms with Crippen LogP contribution >= 0.6 is 0 Å². The van der Waals surface area contributed by atoms with E-state index in [2.05, 4.69) is 25.7 Å². The molecule has 3 heteroatoms. The van der Waals surface area contributed by atoms with Crippen molar-refractivity contribution in [3.05, 3.63) is 35.4 Å². The maximum Gasteiger partial charge on any atom is 0.254 e. The molecule has 1 saturated carbocycles. The van der Waals surface area contributed by atoms with Crippen molar-refractivity contribution in [1.29, 1.82) is 0 Å². The largest absolute Gasteiger partial charge is 0.384 e. The van der Waals surface area contributed by atoms with Crippen LogP contribution in [0.2, 0.25) is 0 Å². The molecule has 1 N–H and O–H groups in total. The first-order valence-corrected chi connectivity index (χ1v) is 7.62. The van der Waals surface area contributed by atoms with Gasteiger partial charge in [0.1, 0.15) is 6.61 Å². The van der Waals surface area contributed by atoms with Gasteiger partial charge >= 0.3 is 0 Å². The summed E-state index contributed by atoms with van der Waals surface area (Å²) in [4.78, 5) is 14.7. The van der Waals surface area contributed by atoms with E-state index in [1.165, 1.54) is 0 Å². The molecule has 0 heterocycles. The molecule has 0 atom stereocenters. The summed E-state index contributed by atoms with van der Waals surface area (Å²) in [5.41, 5.74) is 1.46. The van der Waals surface area contributed by atoms with Crippen LogP contribution in [-0.4, -0.2) is 35.1 Å². The number of aliphatic hydroxyl groups excluding tert-OH is 1. The molecule has 3 nitrogen and oxygen atoms in total. The SMILES string of the molecule is CC(C)CCN(C(=O)c1cccc(C#CCO)c1)C1CC1. The van der Waals surface area contributed by atoms with E-state index in [0.29, 0.717) is 17.5 Å². The van der Waals surface area contributed by atoms with Gasteiger partial charge in [0.25, 0.3) is 5.91 Å². The number of benzene rings is 1. The summed E-state index contributed by atoms with van der Waals surface area (Å²) in [5, 5.41) is 8.75. The fraction of sp³-hybridized carbons (Fsp3) is 0.500. The number of hydrogen-bond acceptors (Lipinski definition) is 2. The van der Waals surface area contributed by atoms with Gasteiger partial charge in [-0.05, 0) is 43.4 Å². The van der Waals surface area contributed by atoms with Crippen molar-refractivity contribution in [3.8, 4) is 11.8 Å². The molecule has 0 unspecified atom stereocenters. The first kappa shape index (κ1) is 15.6. The predicted octanol–water partition coefficient (Wildman–Crippen LogP) is 2.68. The van der Waals surface area contributed by atoms with Gasteiger partial charge in [-0.25, -0.2) is 0 Å². The second kappa shape index (κ2) is 7.28. The molecule has 0 aliphatic heterocycles. The Kier molecular flexibility index (Phi) is 5.41. The smallest absolute Gasteiger partial charge is 0.254 e. The van der Waals surface area contributed by atoms with E-state index in [9.17, 15) is 4.79 Å². The molecule has 0 bridgehead atoms. The monoisotopic (exact) mass is 285 g/mol. The van der Waals surface area contributed by atoms with E-state index in [4.69, 9.17) is 5.11 Å². The van der Waals surface area contributed by atoms with Crippen LogP contribution in [0.4, 0.5) is 0 Å². The zero-order chi connectivity index (χ0) is 15.2. The fourth-order valence-corrected chi connectivity index (χ4v) is 2.27. The number of amides is 1. The normalized spacial score (nSPS) is 13.7. The number of aliphatic hydroxyl groups is 1. The standard InChI is InChI=1S/C18H23NO2/c1-14(2)10-11-19(17-8-9-17)18(21)16-7-3-5-15(13-16)6-4-12-20/h3,5,7,13-14,17,20H,8-12H2,1-2H3. The number of carbonyl (C=O) groups excluding carboxylic acids is 1. The molecule has 1 aromatic carbocycles. The molecule has 2 rings (SSSR count). The highest BCUT2D eigenvalue weighted by molar-refractivity contribution is 5.95. The Hall–Kier alpha value is -1.79. The molecule has 1 fully saturated rings. The lowest BCUT2D eigenvalue weighted by molar-refractivity contribution is 0.0735. The van der Waals surface area contributed by atoms with Gasteiger partial charge < -0.3 is 10.0 Å². The lowest BCUT2D eigenvalue weighted by Crippen LogP contribution is -2.34. The highest BCUT2D eigenvalue weighted by Gasteiger charge is 2.32. The Morgan fingerprint density at radius 2 is 2.19 bits per heavy atom. The van der Waals surface area contributed by atoms with E-state index in [1.54, 1.807) is 0 Å². The average Bonchev–Trinajstić information content (AvgIpc) is 3.30. The molecular formula is C18H23NO2. The van der Waals surface area contributed by atoms with Crippen LogP contribution in [0.15, 0.2) is 24.3 Å². The maximum atomic E-state index is 12.7. The van der Waals surface area contributed by atoms with E-state index >= 15 is 0 Å². The van der Waals surface area contributed by atoms with Crippen molar-refractivity contribution < 1.29 is 9.90 Å². The van der Waals surface area contributed by atoms with E-state index in [-0.39, 0.29) is 12.5 Å². The van der Waals surface area contributed by atoms with Gasteiger partial charge in [-0.1, -0.05) is 31.8 Å². The third kappa shape index (κ3) is 4.61. The summed E-state index contributed by atoms with van der Waals surface area (Å²) in [5.74, 6) is 6.17. The Bertz CT molecular complexity index is 550. The quantitative estimate of drug-likeness (QED) is 0.845. The van der Waals surface area contributed by atoms with Crippen molar-refractivity contribution in [3.63, 3.8) is 0 Å². The zero-order valence-corrected chi connectivity index (χ0v) is 12.8. The molecule has 0 saturated heterocycles. The third-order valence-electron chi connectivity index (χ3n) is 3.62. The number of rotatable bonds is 5. The summed E-state index contributed by atoms with van der Waals surface area (Å²) in [6, 6.07) is 7.79. The molecule has 0 aromatic heterocycles. The van der Waals surface area contributed by atoms with Crippen LogP contribution in [0.1, 0.15) is 49.0 Å². The summed E-state index contributed by atoms with van der Waals surface area (Å²) in [7, 11) is 0. The van der Waals surface area contributed by atoms with Gasteiger partial charge in [-0.15, -0.1) is 0 Å². The van der Waals surface area contributed by atoms with Crippen molar-refractivity contribution in [2.24, 2.45) is 5.92 Å². The van der Waals surface area contributed by atoms with Crippen LogP contribution in [0.3, 0.4) is 0 Å². The molecule has 1 aliphatic rings. The van der Waals surface area contributed by atoms with Crippen LogP contribution in [0.5, 0.6) is 0 Å². The van der Waals surface area contributed by atoms with Gasteiger partial charge in [0, 0.05) is 23.7 Å². The lowest BCUT2D eigenvalue weighted by atomic mass is 10.1. The molecule has 1 aromatic rings. The van der Waals surface area contributed by atoms with E-state index in [1.807, 2.05) is 29.2 Å². The van der Waals surface area contributed by atoms with Crippen molar-refractivity contribution in [1.82, 2.24) is 4.90 Å². The first-order valence-electron chi connectivity index (χ1n) is 7.62. The van der Waals surface area contributed by atoms with Gasteiger partial charge in [-0.2, -0.15) is 0 Å². The van der Waals surface area contributed by atoms with E-state index in [0.717, 1.165) is 31.4 Å². The minimum atomic E-state index is -0.166. The number of nitrogens with zero attached hydrogens (tertiary/aromatic N) is 1. The molecular weight excluding hydrogens is 262 g/mol. The van der Waals surface area contributed by atoms with E-state index < -0.39 is 0 Å². The Balaban J connectivity index is 2.12. The number of hydrogen-bond donors (Lipinski definition) is 1. The highest BCUT2D eigenvalue weighted by atomic mass is 16.2. The molecule has 0 spiro atoms. The Labute approximate surface area is 127 Å². The Morgan fingerprint density at radius 3 is 2.81 bits per heavy atom. The van der Waals surface area contributed by atoms with Crippen molar-refractivity contribution in [2.75, 3.05) is 13.2 Å². The van der Waals surface area contributed by atoms with Crippen LogP contribution in [0, 0.1) is 17.8 Å². The maximum absolute atomic E-state index is 12.7. The molecule has 0 radical (unpaired) electrons. The Morgan fingerprint density at radius 1 is 1.43 bits per heavy atom. The van der Waals surface area contributed by atoms with Gasteiger partial charge in [-0.3, -0.25) is 4.79 Å². The molecule has 1 amide bonds. The van der Waals surface area contributed by atoms with Crippen LogP contribution in [0.25, 0.3) is 0 Å². The number of carbonyl (C=O) groups is 1. The fourth-order valence-electron chi connectivity index (χ4n) is 2.27. The molecule has 112 valence electrons. The average molecular weight is 285 g/mol. The zero-order valence-electron chi connectivity index (χ0n) is 12.8. The molecule has 1 aliphatic carbocycles. The van der Waals surface area contributed by atoms with Gasteiger partial charge in [0.2, 0.25) is 0 Å². The second-order valence-corrected chi connectivity index (χ2v) is 5.95. The minimum absolute atomic E-state index is 0.103. The minimum Gasteiger partial charge on any atom is -0.384 e. The summed E-state index contributed by atoms with van der Waals surface area (Å²) in [6.07, 6.45) is 3.27.